The predicted octanol–water partition coefficient (Wildman–Crippen LogP) is 1.87. The molecule has 1 amide bonds. The fraction of sp³-hybridized carbons (Fsp3) is 0.300. The molecule has 1 N–H and O–H groups in total. The van der Waals surface area contributed by atoms with Gasteiger partial charge in [-0.1, -0.05) is 41.6 Å². The predicted molar refractivity (Wildman–Crippen MR) is 119 cm³/mol. The van der Waals surface area contributed by atoms with Crippen molar-refractivity contribution < 1.29 is 14.4 Å². The largest absolute Gasteiger partial charge is 0.444 e. The van der Waals surface area contributed by atoms with E-state index >= 15 is 0 Å². The van der Waals surface area contributed by atoms with Crippen LogP contribution in [-0.4, -0.2) is 58.3 Å². The van der Waals surface area contributed by atoms with Crippen LogP contribution in [-0.2, 0) is 22.0 Å². The number of oxime groups is 1. The highest BCUT2D eigenvalue weighted by Gasteiger charge is 2.26. The van der Waals surface area contributed by atoms with Gasteiger partial charge in [-0.2, -0.15) is 0 Å². The Labute approximate surface area is 188 Å². The lowest BCUT2D eigenvalue weighted by atomic mass is 9.63. The summed E-state index contributed by atoms with van der Waals surface area (Å²) >= 11 is 0. The number of hydrogen-bond donors (Lipinski definition) is 1. The third-order valence-corrected chi connectivity index (χ3v) is 3.95. The van der Waals surface area contributed by atoms with Crippen LogP contribution in [0.1, 0.15) is 37.9 Å². The first-order chi connectivity index (χ1) is 15.0. The number of anilines is 1. The number of carbonyl (C=O) groups is 1. The van der Waals surface area contributed by atoms with Gasteiger partial charge in [0.25, 0.3) is 0 Å². The average Bonchev–Trinajstić information content (AvgIpc) is 3.13. The Morgan fingerprint density at radius 2 is 1.81 bits per heavy atom. The van der Waals surface area contributed by atoms with E-state index in [4.69, 9.17) is 25.3 Å². The lowest BCUT2D eigenvalue weighted by molar-refractivity contribution is 0.0634. The molecule has 12 heteroatoms. The molecule has 1 aromatic carbocycles. The van der Waals surface area contributed by atoms with E-state index in [0.717, 1.165) is 0 Å². The second-order valence-electron chi connectivity index (χ2n) is 7.85. The molecule has 0 unspecified atom stereocenters. The van der Waals surface area contributed by atoms with Gasteiger partial charge >= 0.3 is 6.09 Å². The number of ether oxygens (including phenoxy) is 1. The van der Waals surface area contributed by atoms with E-state index in [9.17, 15) is 4.79 Å². The van der Waals surface area contributed by atoms with E-state index in [0.29, 0.717) is 17.1 Å². The summed E-state index contributed by atoms with van der Waals surface area (Å²) in [6.45, 7) is 5.26. The van der Waals surface area contributed by atoms with Gasteiger partial charge in [-0.3, -0.25) is 5.32 Å². The number of amides is 1. The van der Waals surface area contributed by atoms with Crippen LogP contribution in [0.3, 0.4) is 0 Å². The van der Waals surface area contributed by atoms with Gasteiger partial charge in [0.15, 0.2) is 5.71 Å². The van der Waals surface area contributed by atoms with Crippen molar-refractivity contribution >= 4 is 33.3 Å². The number of aromatic nitrogens is 5. The number of tetrazole rings is 1. The number of nitrogens with one attached hydrogen (secondary N) is 1. The Balaban J connectivity index is 1.85. The summed E-state index contributed by atoms with van der Waals surface area (Å²) in [7, 11) is 13.9. The summed E-state index contributed by atoms with van der Waals surface area (Å²) in [6.07, 6.45) is -0.665. The maximum Gasteiger partial charge on any atom is 0.413 e. The molecule has 0 aliphatic heterocycles. The number of carbonyl (C=O) groups excluding carboxylic acids is 1. The molecule has 0 saturated carbocycles. The number of pyridine rings is 1. The minimum atomic E-state index is -1.92. The van der Waals surface area contributed by atoms with Gasteiger partial charge in [0.1, 0.15) is 27.1 Å². The van der Waals surface area contributed by atoms with Gasteiger partial charge < -0.3 is 9.57 Å². The maximum absolute atomic E-state index is 12.0. The first-order valence-corrected chi connectivity index (χ1v) is 9.65. The van der Waals surface area contributed by atoms with Crippen LogP contribution in [0.2, 0.25) is 0 Å². The molecule has 0 aliphatic carbocycles. The van der Waals surface area contributed by atoms with E-state index < -0.39 is 17.1 Å². The Bertz CT molecular complexity index is 1110. The zero-order chi connectivity index (χ0) is 23.4. The number of nitrogens with zero attached hydrogens (tertiary/aromatic N) is 6. The van der Waals surface area contributed by atoms with Crippen LogP contribution >= 0.6 is 0 Å². The third-order valence-electron chi connectivity index (χ3n) is 3.95. The second-order valence-corrected chi connectivity index (χ2v) is 7.85. The van der Waals surface area contributed by atoms with Crippen LogP contribution < -0.4 is 5.32 Å². The van der Waals surface area contributed by atoms with E-state index in [1.54, 1.807) is 46.0 Å². The summed E-state index contributed by atoms with van der Waals surface area (Å²) in [4.78, 5) is 21.7. The molecule has 0 aliphatic rings. The first-order valence-electron chi connectivity index (χ1n) is 9.65. The summed E-state index contributed by atoms with van der Waals surface area (Å²) in [5, 5.41) is 16.2. The molecule has 2 aromatic heterocycles. The van der Waals surface area contributed by atoms with Gasteiger partial charge in [-0.25, -0.2) is 14.5 Å². The van der Waals surface area contributed by atoms with Crippen molar-refractivity contribution in [2.75, 3.05) is 5.32 Å². The molecule has 0 spiro atoms. The lowest BCUT2D eigenvalue weighted by Gasteiger charge is -2.24. The Morgan fingerprint density at radius 3 is 2.44 bits per heavy atom. The number of aryl methyl sites for hydroxylation is 1. The fourth-order valence-corrected chi connectivity index (χ4v) is 2.55. The Hall–Kier alpha value is -3.69. The fourth-order valence-electron chi connectivity index (χ4n) is 2.55. The molecular weight excluding hydrogens is 408 g/mol. The van der Waals surface area contributed by atoms with Crippen LogP contribution in [0.5, 0.6) is 0 Å². The molecule has 3 aromatic rings. The summed E-state index contributed by atoms with van der Waals surface area (Å²) in [5.41, 5.74) is 0.474. The van der Waals surface area contributed by atoms with Crippen LogP contribution in [0.25, 0.3) is 0 Å². The highest BCUT2D eigenvalue weighted by molar-refractivity contribution is 6.38. The van der Waals surface area contributed by atoms with E-state index in [1.165, 1.54) is 4.68 Å². The van der Waals surface area contributed by atoms with Crippen LogP contribution in [0.4, 0.5) is 10.6 Å². The number of hydrogen-bond acceptors (Lipinski definition) is 8. The molecule has 32 heavy (non-hydrogen) atoms. The Kier molecular flexibility index (Phi) is 6.61. The average molecular weight is 429 g/mol. The highest BCUT2D eigenvalue weighted by atomic mass is 16.6. The second kappa shape index (κ2) is 9.21. The minimum Gasteiger partial charge on any atom is -0.444 e. The maximum atomic E-state index is 12.0. The molecule has 0 atom stereocenters. The van der Waals surface area contributed by atoms with Crippen molar-refractivity contribution in [3.63, 3.8) is 0 Å². The Morgan fingerprint density at radius 1 is 1.09 bits per heavy atom. The van der Waals surface area contributed by atoms with Gasteiger partial charge in [-0.15, -0.1) is 5.10 Å². The number of rotatable bonds is 6. The van der Waals surface area contributed by atoms with Crippen LogP contribution in [0.15, 0.2) is 53.7 Å². The molecule has 3 rings (SSSR count). The third kappa shape index (κ3) is 5.93. The molecule has 2 heterocycles. The molecule has 4 radical (unpaired) electrons. The van der Waals surface area contributed by atoms with E-state index in [2.05, 4.69) is 31.0 Å². The van der Waals surface area contributed by atoms with Gasteiger partial charge in [-0.05, 0) is 43.3 Å². The normalized spacial score (nSPS) is 12.3. The smallest absolute Gasteiger partial charge is 0.413 e. The van der Waals surface area contributed by atoms with E-state index in [1.807, 2.05) is 30.3 Å². The molecule has 160 valence electrons. The molecule has 0 bridgehead atoms. The zero-order valence-electron chi connectivity index (χ0n) is 18.2. The van der Waals surface area contributed by atoms with E-state index in [-0.39, 0.29) is 11.5 Å². The van der Waals surface area contributed by atoms with Crippen LogP contribution in [0, 0.1) is 0 Å². The quantitative estimate of drug-likeness (QED) is 0.361. The minimum absolute atomic E-state index is 0.123. The summed E-state index contributed by atoms with van der Waals surface area (Å²) < 4.78 is 6.66. The molecule has 0 saturated heterocycles. The SMILES string of the molecule is [B]C([B])(O/N=C(/c1ccccc1)c1nnnn1C)c1cccc(NC(=O)OC(C)(C)C)n1. The molecule has 10 nitrogen and oxygen atoms in total. The highest BCUT2D eigenvalue weighted by Crippen LogP contribution is 2.20. The standard InChI is InChI=1S/C20H21B2N7O3/c1-19(2,3)31-18(30)24-15-12-8-11-14(23-15)20(21,22)32-26-16(13-9-6-5-7-10-13)17-25-27-28-29(17)4/h5-12H,1-4H3,(H,23,24,30)/b26-16-. The lowest BCUT2D eigenvalue weighted by Crippen LogP contribution is -2.32. The monoisotopic (exact) mass is 429 g/mol. The molecule has 0 fully saturated rings. The van der Waals surface area contributed by atoms with Gasteiger partial charge in [0.2, 0.25) is 5.82 Å². The zero-order valence-corrected chi connectivity index (χ0v) is 18.2. The van der Waals surface area contributed by atoms with Crippen molar-refractivity contribution in [1.29, 1.82) is 0 Å². The number of benzene rings is 1. The summed E-state index contributed by atoms with van der Waals surface area (Å²) in [5.74, 6) is 0.533. The van der Waals surface area contributed by atoms with Crippen molar-refractivity contribution in [3.05, 3.63) is 65.6 Å². The van der Waals surface area contributed by atoms with Crippen molar-refractivity contribution in [2.24, 2.45) is 12.2 Å². The first kappa shape index (κ1) is 23.0. The van der Waals surface area contributed by atoms with Crippen molar-refractivity contribution in [1.82, 2.24) is 25.2 Å². The topological polar surface area (TPSA) is 116 Å². The van der Waals surface area contributed by atoms with Gasteiger partial charge in [0.05, 0.1) is 11.1 Å². The van der Waals surface area contributed by atoms with Gasteiger partial charge in [0, 0.05) is 12.6 Å². The van der Waals surface area contributed by atoms with Crippen molar-refractivity contribution in [3.8, 4) is 0 Å². The van der Waals surface area contributed by atoms with Crippen molar-refractivity contribution in [2.45, 2.75) is 31.8 Å². The summed E-state index contributed by atoms with van der Waals surface area (Å²) in [6, 6.07) is 13.9. The molecular formula is C20H21B2N7O3.